The van der Waals surface area contributed by atoms with Gasteiger partial charge in [-0.05, 0) is 87.6 Å². The second kappa shape index (κ2) is 10.1. The van der Waals surface area contributed by atoms with E-state index in [0.717, 1.165) is 30.2 Å². The fourth-order valence-electron chi connectivity index (χ4n) is 4.99. The molecule has 4 nitrogen and oxygen atoms in total. The number of hydrogen-bond donors (Lipinski definition) is 1. The number of carbonyl (C=O) groups excluding carboxylic acids is 1. The molecule has 0 radical (unpaired) electrons. The molecule has 1 N–H and O–H groups in total. The molecular weight excluding hydrogens is 429 g/mol. The van der Waals surface area contributed by atoms with E-state index in [2.05, 4.69) is 24.4 Å². The first-order valence-corrected chi connectivity index (χ1v) is 12.2. The molecule has 0 aromatic heterocycles. The van der Waals surface area contributed by atoms with Gasteiger partial charge < -0.3 is 14.8 Å². The molecule has 5 heteroatoms. The molecular formula is C29H34FNO3. The number of halogens is 1. The van der Waals surface area contributed by atoms with Crippen LogP contribution in [0.4, 0.5) is 4.39 Å². The Hall–Kier alpha value is -2.92. The Bertz CT molecular complexity index is 1140. The molecule has 0 heterocycles. The standard InChI is InChI=1S/C29H34FNO3/c1-5-33-28(32)29(3,4)34-23-14-11-20(12-15-23)21-10-13-22(18-21)31-19(2)24-16-17-27(30)26-9-7-6-8-25(24)26/h6-9,11-12,14-17,19,21-22,31H,5,10,13,18H2,1-4H3/t19-,21-,22+/m1/s1. The van der Waals surface area contributed by atoms with E-state index >= 15 is 0 Å². The molecule has 4 rings (SSSR count). The number of nitrogens with one attached hydrogen (secondary N) is 1. The smallest absolute Gasteiger partial charge is 0.349 e. The molecule has 3 aromatic carbocycles. The van der Waals surface area contributed by atoms with Crippen LogP contribution >= 0.6 is 0 Å². The molecule has 180 valence electrons. The van der Waals surface area contributed by atoms with E-state index in [4.69, 9.17) is 9.47 Å². The minimum absolute atomic E-state index is 0.134. The number of esters is 1. The number of rotatable bonds is 8. The Morgan fingerprint density at radius 2 is 1.76 bits per heavy atom. The van der Waals surface area contributed by atoms with Gasteiger partial charge in [0.25, 0.3) is 0 Å². The van der Waals surface area contributed by atoms with Crippen molar-refractivity contribution in [3.05, 3.63) is 77.6 Å². The van der Waals surface area contributed by atoms with Crippen LogP contribution in [0.25, 0.3) is 10.8 Å². The summed E-state index contributed by atoms with van der Waals surface area (Å²) in [5.74, 6) is 0.588. The lowest BCUT2D eigenvalue weighted by atomic mass is 9.96. The maximum atomic E-state index is 14.2. The van der Waals surface area contributed by atoms with Crippen LogP contribution in [0.1, 0.15) is 70.0 Å². The summed E-state index contributed by atoms with van der Waals surface area (Å²) in [7, 11) is 0. The first-order chi connectivity index (χ1) is 16.3. The fourth-order valence-corrected chi connectivity index (χ4v) is 4.99. The number of fused-ring (bicyclic) bond motifs is 1. The van der Waals surface area contributed by atoms with Crippen molar-refractivity contribution in [3.63, 3.8) is 0 Å². The lowest BCUT2D eigenvalue weighted by Crippen LogP contribution is -2.39. The normalized spacial score (nSPS) is 19.2. The van der Waals surface area contributed by atoms with Crippen LogP contribution in [0.5, 0.6) is 5.75 Å². The summed E-state index contributed by atoms with van der Waals surface area (Å²) in [5, 5.41) is 5.42. The summed E-state index contributed by atoms with van der Waals surface area (Å²) < 4.78 is 25.2. The minimum atomic E-state index is -1.03. The summed E-state index contributed by atoms with van der Waals surface area (Å²) in [4.78, 5) is 12.1. The zero-order chi connectivity index (χ0) is 24.3. The van der Waals surface area contributed by atoms with Gasteiger partial charge in [0.2, 0.25) is 0 Å². The average molecular weight is 464 g/mol. The van der Waals surface area contributed by atoms with Gasteiger partial charge in [-0.1, -0.05) is 42.5 Å². The van der Waals surface area contributed by atoms with E-state index in [9.17, 15) is 9.18 Å². The molecule has 0 unspecified atom stereocenters. The summed E-state index contributed by atoms with van der Waals surface area (Å²) in [6.07, 6.45) is 3.27. The molecule has 0 aliphatic heterocycles. The van der Waals surface area contributed by atoms with Crippen LogP contribution in [-0.4, -0.2) is 24.2 Å². The predicted molar refractivity (Wildman–Crippen MR) is 134 cm³/mol. The Balaban J connectivity index is 1.38. The average Bonchev–Trinajstić information content (AvgIpc) is 3.28. The van der Waals surface area contributed by atoms with Gasteiger partial charge in [0.05, 0.1) is 6.61 Å². The Labute approximate surface area is 201 Å². The number of ether oxygens (including phenoxy) is 2. The van der Waals surface area contributed by atoms with Gasteiger partial charge in [-0.2, -0.15) is 0 Å². The van der Waals surface area contributed by atoms with Crippen molar-refractivity contribution < 1.29 is 18.7 Å². The van der Waals surface area contributed by atoms with Gasteiger partial charge in [-0.3, -0.25) is 0 Å². The Morgan fingerprint density at radius 3 is 2.47 bits per heavy atom. The summed E-state index contributed by atoms with van der Waals surface area (Å²) in [6.45, 7) is 7.71. The van der Waals surface area contributed by atoms with Gasteiger partial charge in [-0.15, -0.1) is 0 Å². The third kappa shape index (κ3) is 5.25. The highest BCUT2D eigenvalue weighted by Crippen LogP contribution is 2.37. The maximum absolute atomic E-state index is 14.2. The molecule has 1 saturated carbocycles. The van der Waals surface area contributed by atoms with E-state index in [1.54, 1.807) is 26.8 Å². The maximum Gasteiger partial charge on any atom is 0.349 e. The van der Waals surface area contributed by atoms with E-state index in [1.807, 2.05) is 42.5 Å². The minimum Gasteiger partial charge on any atom is -0.476 e. The molecule has 0 spiro atoms. The highest BCUT2D eigenvalue weighted by Gasteiger charge is 2.32. The third-order valence-corrected chi connectivity index (χ3v) is 6.78. The second-order valence-electron chi connectivity index (χ2n) is 9.68. The van der Waals surface area contributed by atoms with Crippen molar-refractivity contribution in [3.8, 4) is 5.75 Å². The molecule has 34 heavy (non-hydrogen) atoms. The molecule has 0 saturated heterocycles. The topological polar surface area (TPSA) is 47.6 Å². The molecule has 3 aromatic rings. The highest BCUT2D eigenvalue weighted by molar-refractivity contribution is 5.86. The summed E-state index contributed by atoms with van der Waals surface area (Å²) >= 11 is 0. The molecule has 3 atom stereocenters. The molecule has 0 bridgehead atoms. The van der Waals surface area contributed by atoms with E-state index in [-0.39, 0.29) is 17.8 Å². The molecule has 0 amide bonds. The van der Waals surface area contributed by atoms with Crippen LogP contribution in [0.3, 0.4) is 0 Å². The molecule has 1 aliphatic rings. The first kappa shape index (κ1) is 24.2. The van der Waals surface area contributed by atoms with Crippen molar-refractivity contribution in [2.75, 3.05) is 6.61 Å². The van der Waals surface area contributed by atoms with Gasteiger partial charge in [-0.25, -0.2) is 9.18 Å². The van der Waals surface area contributed by atoms with Gasteiger partial charge in [0.1, 0.15) is 11.6 Å². The second-order valence-corrected chi connectivity index (χ2v) is 9.68. The monoisotopic (exact) mass is 463 g/mol. The van der Waals surface area contributed by atoms with Gasteiger partial charge >= 0.3 is 5.97 Å². The summed E-state index contributed by atoms with van der Waals surface area (Å²) in [6, 6.07) is 19.8. The summed E-state index contributed by atoms with van der Waals surface area (Å²) in [5.41, 5.74) is 1.39. The van der Waals surface area contributed by atoms with Crippen LogP contribution in [-0.2, 0) is 9.53 Å². The SMILES string of the molecule is CCOC(=O)C(C)(C)Oc1ccc([C@@H]2CC[C@H](N[C@H](C)c3ccc(F)c4ccccc34)C2)cc1. The van der Waals surface area contributed by atoms with Crippen molar-refractivity contribution >= 4 is 16.7 Å². The Kier molecular flexibility index (Phi) is 7.22. The van der Waals surface area contributed by atoms with Crippen molar-refractivity contribution in [2.24, 2.45) is 0 Å². The van der Waals surface area contributed by atoms with Gasteiger partial charge in [0.15, 0.2) is 5.60 Å². The predicted octanol–water partition coefficient (Wildman–Crippen LogP) is 6.69. The molecule has 1 fully saturated rings. The van der Waals surface area contributed by atoms with Crippen LogP contribution in [0.15, 0.2) is 60.7 Å². The van der Waals surface area contributed by atoms with E-state index in [0.29, 0.717) is 29.7 Å². The van der Waals surface area contributed by atoms with Crippen molar-refractivity contribution in [2.45, 2.75) is 70.6 Å². The number of benzene rings is 3. The van der Waals surface area contributed by atoms with Crippen LogP contribution in [0, 0.1) is 5.82 Å². The van der Waals surface area contributed by atoms with Crippen LogP contribution in [0.2, 0.25) is 0 Å². The van der Waals surface area contributed by atoms with Gasteiger partial charge in [0, 0.05) is 17.5 Å². The largest absolute Gasteiger partial charge is 0.476 e. The van der Waals surface area contributed by atoms with Crippen molar-refractivity contribution in [1.82, 2.24) is 5.32 Å². The third-order valence-electron chi connectivity index (χ3n) is 6.78. The van der Waals surface area contributed by atoms with E-state index < -0.39 is 5.60 Å². The fraction of sp³-hybridized carbons (Fsp3) is 0.414. The highest BCUT2D eigenvalue weighted by atomic mass is 19.1. The van der Waals surface area contributed by atoms with Crippen LogP contribution < -0.4 is 10.1 Å². The first-order valence-electron chi connectivity index (χ1n) is 12.2. The number of hydrogen-bond acceptors (Lipinski definition) is 4. The lowest BCUT2D eigenvalue weighted by molar-refractivity contribution is -0.158. The van der Waals surface area contributed by atoms with E-state index in [1.165, 1.54) is 5.56 Å². The Morgan fingerprint density at radius 1 is 1.06 bits per heavy atom. The lowest BCUT2D eigenvalue weighted by Gasteiger charge is -2.24. The zero-order valence-corrected chi connectivity index (χ0v) is 20.4. The van der Waals surface area contributed by atoms with Crippen molar-refractivity contribution in [1.29, 1.82) is 0 Å². The zero-order valence-electron chi connectivity index (χ0n) is 20.4. The number of carbonyl (C=O) groups is 1. The quantitative estimate of drug-likeness (QED) is 0.378. The molecule has 1 aliphatic carbocycles.